The predicted octanol–water partition coefficient (Wildman–Crippen LogP) is 2.35. The largest absolute Gasteiger partial charge is 0.481 e. The van der Waals surface area contributed by atoms with Gasteiger partial charge in [0.05, 0.1) is 12.5 Å². The van der Waals surface area contributed by atoms with Gasteiger partial charge in [0.15, 0.2) is 0 Å². The molecule has 0 bridgehead atoms. The second kappa shape index (κ2) is 6.31. The molecule has 2 heterocycles. The molecule has 1 aromatic rings. The highest BCUT2D eigenvalue weighted by molar-refractivity contribution is 5.66. The molecule has 2 rings (SSSR count). The summed E-state index contributed by atoms with van der Waals surface area (Å²) in [6.45, 7) is 7.42. The second-order valence-corrected chi connectivity index (χ2v) is 5.74. The summed E-state index contributed by atoms with van der Waals surface area (Å²) in [5.74, 6) is 0.0732. The van der Waals surface area contributed by atoms with Crippen LogP contribution in [0.4, 0.5) is 0 Å². The van der Waals surface area contributed by atoms with E-state index in [1.165, 1.54) is 6.42 Å². The van der Waals surface area contributed by atoms with E-state index in [0.29, 0.717) is 12.5 Å². The SMILES string of the molecule is Cc1cc(CCC(=O)O)nc(C2CCCN2C(C)C)n1. The maximum atomic E-state index is 10.7. The van der Waals surface area contributed by atoms with Crippen molar-refractivity contribution in [2.45, 2.75) is 58.5 Å². The highest BCUT2D eigenvalue weighted by atomic mass is 16.4. The zero-order valence-corrected chi connectivity index (χ0v) is 12.5. The Balaban J connectivity index is 2.20. The van der Waals surface area contributed by atoms with Gasteiger partial charge in [0.2, 0.25) is 0 Å². The summed E-state index contributed by atoms with van der Waals surface area (Å²) >= 11 is 0. The van der Waals surface area contributed by atoms with Crippen molar-refractivity contribution < 1.29 is 9.90 Å². The summed E-state index contributed by atoms with van der Waals surface area (Å²) < 4.78 is 0. The van der Waals surface area contributed by atoms with Gasteiger partial charge in [0.1, 0.15) is 5.82 Å². The van der Waals surface area contributed by atoms with E-state index in [4.69, 9.17) is 5.11 Å². The first-order chi connectivity index (χ1) is 9.47. The number of hydrogen-bond donors (Lipinski definition) is 1. The second-order valence-electron chi connectivity index (χ2n) is 5.74. The summed E-state index contributed by atoms with van der Waals surface area (Å²) in [7, 11) is 0. The van der Waals surface area contributed by atoms with Gasteiger partial charge < -0.3 is 5.11 Å². The maximum Gasteiger partial charge on any atom is 0.303 e. The number of rotatable bonds is 5. The van der Waals surface area contributed by atoms with Gasteiger partial charge in [-0.25, -0.2) is 9.97 Å². The lowest BCUT2D eigenvalue weighted by Crippen LogP contribution is -2.31. The van der Waals surface area contributed by atoms with E-state index in [1.807, 2.05) is 13.0 Å². The van der Waals surface area contributed by atoms with Crippen molar-refractivity contribution in [1.82, 2.24) is 14.9 Å². The highest BCUT2D eigenvalue weighted by Gasteiger charge is 2.30. The molecule has 0 radical (unpaired) electrons. The van der Waals surface area contributed by atoms with Gasteiger partial charge in [0, 0.05) is 23.9 Å². The molecule has 5 nitrogen and oxygen atoms in total. The smallest absolute Gasteiger partial charge is 0.303 e. The minimum atomic E-state index is -0.785. The Morgan fingerprint density at radius 1 is 1.50 bits per heavy atom. The van der Waals surface area contributed by atoms with Crippen molar-refractivity contribution in [1.29, 1.82) is 0 Å². The first-order valence-corrected chi connectivity index (χ1v) is 7.29. The predicted molar refractivity (Wildman–Crippen MR) is 76.5 cm³/mol. The quantitative estimate of drug-likeness (QED) is 0.895. The van der Waals surface area contributed by atoms with E-state index >= 15 is 0 Å². The zero-order chi connectivity index (χ0) is 14.7. The molecule has 1 aliphatic heterocycles. The summed E-state index contributed by atoms with van der Waals surface area (Å²) in [5, 5.41) is 8.79. The zero-order valence-electron chi connectivity index (χ0n) is 12.5. The van der Waals surface area contributed by atoms with Crippen LogP contribution in [0.15, 0.2) is 6.07 Å². The molecule has 0 aliphatic carbocycles. The molecule has 1 atom stereocenters. The molecule has 0 aromatic carbocycles. The van der Waals surface area contributed by atoms with E-state index in [-0.39, 0.29) is 12.5 Å². The Morgan fingerprint density at radius 3 is 2.90 bits per heavy atom. The number of carbonyl (C=O) groups is 1. The molecular weight excluding hydrogens is 254 g/mol. The number of aromatic nitrogens is 2. The lowest BCUT2D eigenvalue weighted by atomic mass is 10.1. The average molecular weight is 277 g/mol. The molecule has 1 N–H and O–H groups in total. The van der Waals surface area contributed by atoms with Crippen LogP contribution < -0.4 is 0 Å². The molecule has 0 spiro atoms. The van der Waals surface area contributed by atoms with Crippen LogP contribution in [0.5, 0.6) is 0 Å². The van der Waals surface area contributed by atoms with E-state index in [9.17, 15) is 4.79 Å². The van der Waals surface area contributed by atoms with Gasteiger partial charge >= 0.3 is 5.97 Å². The van der Waals surface area contributed by atoms with Crippen LogP contribution in [0.1, 0.15) is 56.4 Å². The van der Waals surface area contributed by atoms with Crippen LogP contribution in [0.3, 0.4) is 0 Å². The molecule has 5 heteroatoms. The third kappa shape index (κ3) is 3.54. The molecule has 1 aromatic heterocycles. The summed E-state index contributed by atoms with van der Waals surface area (Å²) in [6, 6.07) is 2.65. The van der Waals surface area contributed by atoms with Crippen LogP contribution >= 0.6 is 0 Å². The number of likely N-dealkylation sites (tertiary alicyclic amines) is 1. The summed E-state index contributed by atoms with van der Waals surface area (Å²) in [5.41, 5.74) is 1.76. The molecule has 1 unspecified atom stereocenters. The van der Waals surface area contributed by atoms with Crippen molar-refractivity contribution in [2.75, 3.05) is 6.54 Å². The topological polar surface area (TPSA) is 66.3 Å². The number of hydrogen-bond acceptors (Lipinski definition) is 4. The number of nitrogens with zero attached hydrogens (tertiary/aromatic N) is 3. The number of aliphatic carboxylic acids is 1. The summed E-state index contributed by atoms with van der Waals surface area (Å²) in [6.07, 6.45) is 2.85. The molecule has 110 valence electrons. The van der Waals surface area contributed by atoms with Gasteiger partial charge in [-0.15, -0.1) is 0 Å². The van der Waals surface area contributed by atoms with E-state index in [2.05, 4.69) is 28.7 Å². The van der Waals surface area contributed by atoms with Crippen molar-refractivity contribution in [2.24, 2.45) is 0 Å². The fourth-order valence-electron chi connectivity index (χ4n) is 2.85. The monoisotopic (exact) mass is 277 g/mol. The molecule has 20 heavy (non-hydrogen) atoms. The van der Waals surface area contributed by atoms with Gasteiger partial charge in [-0.3, -0.25) is 9.69 Å². The average Bonchev–Trinajstić information content (AvgIpc) is 2.85. The Labute approximate surface area is 120 Å². The molecular formula is C15H23N3O2. The first kappa shape index (κ1) is 14.9. The Bertz CT molecular complexity index is 488. The molecule has 0 saturated carbocycles. The van der Waals surface area contributed by atoms with Crippen molar-refractivity contribution in [3.8, 4) is 0 Å². The van der Waals surface area contributed by atoms with Gasteiger partial charge in [-0.2, -0.15) is 0 Å². The lowest BCUT2D eigenvalue weighted by Gasteiger charge is -2.27. The molecule has 1 fully saturated rings. The van der Waals surface area contributed by atoms with E-state index < -0.39 is 5.97 Å². The first-order valence-electron chi connectivity index (χ1n) is 7.29. The van der Waals surface area contributed by atoms with Crippen molar-refractivity contribution in [3.63, 3.8) is 0 Å². The lowest BCUT2D eigenvalue weighted by molar-refractivity contribution is -0.136. The Kier molecular flexibility index (Phi) is 4.70. The number of carboxylic acid groups (broad SMARTS) is 1. The third-order valence-electron chi connectivity index (χ3n) is 3.78. The van der Waals surface area contributed by atoms with Crippen molar-refractivity contribution in [3.05, 3.63) is 23.3 Å². The van der Waals surface area contributed by atoms with Crippen LogP contribution in [0.2, 0.25) is 0 Å². The van der Waals surface area contributed by atoms with Gasteiger partial charge in [-0.05, 0) is 46.2 Å². The number of aryl methyl sites for hydroxylation is 2. The number of carboxylic acids is 1. The third-order valence-corrected chi connectivity index (χ3v) is 3.78. The fourth-order valence-corrected chi connectivity index (χ4v) is 2.85. The maximum absolute atomic E-state index is 10.7. The van der Waals surface area contributed by atoms with E-state index in [0.717, 1.165) is 30.2 Å². The molecule has 1 aliphatic rings. The standard InChI is InChI=1S/C15H23N3O2/c1-10(2)18-8-4-5-13(18)15-16-11(3)9-12(17-15)6-7-14(19)20/h9-10,13H,4-8H2,1-3H3,(H,19,20). The van der Waals surface area contributed by atoms with Crippen LogP contribution in [0.25, 0.3) is 0 Å². The fraction of sp³-hybridized carbons (Fsp3) is 0.667. The highest BCUT2D eigenvalue weighted by Crippen LogP contribution is 2.31. The van der Waals surface area contributed by atoms with Gasteiger partial charge in [-0.1, -0.05) is 0 Å². The minimum Gasteiger partial charge on any atom is -0.481 e. The minimum absolute atomic E-state index is 0.119. The summed E-state index contributed by atoms with van der Waals surface area (Å²) in [4.78, 5) is 22.3. The molecule has 0 amide bonds. The van der Waals surface area contributed by atoms with Crippen LogP contribution in [-0.2, 0) is 11.2 Å². The Morgan fingerprint density at radius 2 is 2.25 bits per heavy atom. The van der Waals surface area contributed by atoms with E-state index in [1.54, 1.807) is 0 Å². The van der Waals surface area contributed by atoms with Crippen LogP contribution in [0, 0.1) is 6.92 Å². The van der Waals surface area contributed by atoms with Gasteiger partial charge in [0.25, 0.3) is 0 Å². The normalized spacial score (nSPS) is 19.7. The van der Waals surface area contributed by atoms with Crippen molar-refractivity contribution >= 4 is 5.97 Å². The molecule has 1 saturated heterocycles. The van der Waals surface area contributed by atoms with Crippen LogP contribution in [-0.4, -0.2) is 38.5 Å². The Hall–Kier alpha value is -1.49.